The Kier molecular flexibility index (Phi) is 4.88. The van der Waals surface area contributed by atoms with E-state index in [1.165, 1.54) is 0 Å². The number of rotatable bonds is 4. The number of nitrogens with one attached hydrogen (secondary N) is 2. The van der Waals surface area contributed by atoms with Gasteiger partial charge in [-0.25, -0.2) is 9.98 Å². The van der Waals surface area contributed by atoms with Gasteiger partial charge in [0.25, 0.3) is 5.91 Å². The zero-order chi connectivity index (χ0) is 23.1. The second kappa shape index (κ2) is 8.20. The third-order valence-electron chi connectivity index (χ3n) is 5.42. The minimum absolute atomic E-state index is 0.109. The number of benzodiazepines with no additional fused rings is 1. The van der Waals surface area contributed by atoms with Crippen LogP contribution in [0.15, 0.2) is 82.2 Å². The van der Waals surface area contributed by atoms with E-state index in [2.05, 4.69) is 25.8 Å². The van der Waals surface area contributed by atoms with Crippen molar-refractivity contribution in [3.63, 3.8) is 0 Å². The lowest BCUT2D eigenvalue weighted by atomic mass is 10.0. The maximum absolute atomic E-state index is 13.0. The molecule has 6 rings (SSSR count). The average molecular weight is 467 g/mol. The Labute approximate surface area is 198 Å². The van der Waals surface area contributed by atoms with E-state index >= 15 is 0 Å². The van der Waals surface area contributed by atoms with E-state index in [1.807, 2.05) is 79.7 Å². The topological polar surface area (TPSA) is 105 Å². The molecule has 0 fully saturated rings. The number of aromatic nitrogens is 3. The van der Waals surface area contributed by atoms with Crippen LogP contribution in [0.5, 0.6) is 0 Å². The van der Waals surface area contributed by atoms with Gasteiger partial charge >= 0.3 is 6.01 Å². The third kappa shape index (κ3) is 3.71. The van der Waals surface area contributed by atoms with Crippen molar-refractivity contribution in [1.82, 2.24) is 15.2 Å². The van der Waals surface area contributed by atoms with Gasteiger partial charge in [-0.3, -0.25) is 4.79 Å². The van der Waals surface area contributed by atoms with Crippen LogP contribution >= 0.6 is 11.3 Å². The van der Waals surface area contributed by atoms with Crippen molar-refractivity contribution in [1.29, 1.82) is 0 Å². The molecule has 3 heterocycles. The molecule has 1 atom stereocenters. The first-order valence-electron chi connectivity index (χ1n) is 10.7. The number of anilines is 2. The molecule has 166 valence electrons. The Balaban J connectivity index is 1.34. The molecule has 0 aliphatic carbocycles. The second-order valence-corrected chi connectivity index (χ2v) is 8.99. The number of amides is 1. The van der Waals surface area contributed by atoms with E-state index in [4.69, 9.17) is 9.41 Å². The lowest BCUT2D eigenvalue weighted by molar-refractivity contribution is -0.116. The molecule has 1 aliphatic heterocycles. The summed E-state index contributed by atoms with van der Waals surface area (Å²) in [5.74, 6) is 0.0275. The van der Waals surface area contributed by atoms with Crippen molar-refractivity contribution in [2.45, 2.75) is 13.1 Å². The lowest BCUT2D eigenvalue weighted by Crippen LogP contribution is -2.32. The van der Waals surface area contributed by atoms with Crippen molar-refractivity contribution < 1.29 is 9.21 Å². The number of aryl methyl sites for hydroxylation is 1. The standard InChI is InChI=1S/C25H18N6O2S/c1-14-26-19-12-11-16(13-20(19)34-14)24-30-31-25(33-24)29-22-23(32)27-18-10-6-5-9-17(18)21(28-22)15-7-3-2-4-8-15/h2-13,22H,1H3,(H,27,32)(H,29,31). The number of fused-ring (bicyclic) bond motifs is 2. The van der Waals surface area contributed by atoms with E-state index < -0.39 is 6.17 Å². The summed E-state index contributed by atoms with van der Waals surface area (Å²) in [5, 5.41) is 15.2. The predicted molar refractivity (Wildman–Crippen MR) is 132 cm³/mol. The van der Waals surface area contributed by atoms with Gasteiger partial charge < -0.3 is 15.1 Å². The molecule has 0 saturated carbocycles. The summed E-state index contributed by atoms with van der Waals surface area (Å²) in [5.41, 5.74) is 4.84. The summed E-state index contributed by atoms with van der Waals surface area (Å²) in [6.07, 6.45) is -0.956. The number of benzene rings is 3. The summed E-state index contributed by atoms with van der Waals surface area (Å²) < 4.78 is 6.88. The maximum Gasteiger partial charge on any atom is 0.317 e. The van der Waals surface area contributed by atoms with Gasteiger partial charge in [0.05, 0.1) is 26.6 Å². The van der Waals surface area contributed by atoms with Crippen molar-refractivity contribution in [3.05, 3.63) is 88.9 Å². The van der Waals surface area contributed by atoms with Gasteiger partial charge in [-0.1, -0.05) is 53.6 Å². The summed E-state index contributed by atoms with van der Waals surface area (Å²) >= 11 is 1.60. The first-order chi connectivity index (χ1) is 16.6. The fourth-order valence-electron chi connectivity index (χ4n) is 3.87. The molecule has 2 aromatic heterocycles. The average Bonchev–Trinajstić information content (AvgIpc) is 3.44. The van der Waals surface area contributed by atoms with Crippen LogP contribution in [0.1, 0.15) is 16.1 Å². The van der Waals surface area contributed by atoms with Gasteiger partial charge in [0.1, 0.15) is 0 Å². The van der Waals surface area contributed by atoms with Crippen molar-refractivity contribution in [3.8, 4) is 11.5 Å². The minimum Gasteiger partial charge on any atom is -0.403 e. The molecule has 8 nitrogen and oxygen atoms in total. The maximum atomic E-state index is 13.0. The van der Waals surface area contributed by atoms with E-state index in [9.17, 15) is 4.79 Å². The molecule has 0 spiro atoms. The Morgan fingerprint density at radius 3 is 2.68 bits per heavy atom. The number of para-hydroxylation sites is 1. The van der Waals surface area contributed by atoms with Crippen LogP contribution in [-0.2, 0) is 4.79 Å². The van der Waals surface area contributed by atoms with Gasteiger partial charge in [-0.15, -0.1) is 16.4 Å². The Morgan fingerprint density at radius 1 is 0.971 bits per heavy atom. The molecule has 2 N–H and O–H groups in total. The molecule has 0 bridgehead atoms. The van der Waals surface area contributed by atoms with Gasteiger partial charge in [-0.2, -0.15) is 0 Å². The Hall–Kier alpha value is -4.37. The molecule has 1 aliphatic rings. The monoisotopic (exact) mass is 466 g/mol. The van der Waals surface area contributed by atoms with Crippen LogP contribution in [-0.4, -0.2) is 33.0 Å². The molecule has 0 saturated heterocycles. The zero-order valence-electron chi connectivity index (χ0n) is 18.0. The fourth-order valence-corrected chi connectivity index (χ4v) is 4.74. The first kappa shape index (κ1) is 20.3. The number of carbonyl (C=O) groups excluding carboxylic acids is 1. The molecule has 0 radical (unpaired) electrons. The Bertz CT molecular complexity index is 1560. The van der Waals surface area contributed by atoms with Gasteiger partial charge in [-0.05, 0) is 31.2 Å². The number of thiazole rings is 1. The van der Waals surface area contributed by atoms with E-state index in [0.717, 1.165) is 31.9 Å². The largest absolute Gasteiger partial charge is 0.403 e. The van der Waals surface area contributed by atoms with Gasteiger partial charge in [0, 0.05) is 16.7 Å². The highest BCUT2D eigenvalue weighted by atomic mass is 32.1. The summed E-state index contributed by atoms with van der Waals surface area (Å²) in [6, 6.07) is 23.2. The molecule has 1 amide bonds. The van der Waals surface area contributed by atoms with E-state index in [-0.39, 0.29) is 11.9 Å². The SMILES string of the molecule is Cc1nc2ccc(-c3nnc(NC4N=C(c5ccccc5)c5ccccc5NC4=O)o3)cc2s1. The minimum atomic E-state index is -0.956. The smallest absolute Gasteiger partial charge is 0.317 e. The van der Waals surface area contributed by atoms with E-state index in [1.54, 1.807) is 11.3 Å². The van der Waals surface area contributed by atoms with Crippen molar-refractivity contribution in [2.24, 2.45) is 4.99 Å². The summed E-state index contributed by atoms with van der Waals surface area (Å²) in [6.45, 7) is 1.97. The Morgan fingerprint density at radius 2 is 1.79 bits per heavy atom. The van der Waals surface area contributed by atoms with E-state index in [0.29, 0.717) is 17.3 Å². The second-order valence-electron chi connectivity index (χ2n) is 7.75. The quantitative estimate of drug-likeness (QED) is 0.391. The van der Waals surface area contributed by atoms with Gasteiger partial charge in [0.15, 0.2) is 0 Å². The number of hydrogen-bond donors (Lipinski definition) is 2. The number of carbonyl (C=O) groups is 1. The first-order valence-corrected chi connectivity index (χ1v) is 11.5. The van der Waals surface area contributed by atoms with Crippen molar-refractivity contribution in [2.75, 3.05) is 10.6 Å². The summed E-state index contributed by atoms with van der Waals surface area (Å²) in [4.78, 5) is 22.2. The fraction of sp³-hybridized carbons (Fsp3) is 0.0800. The third-order valence-corrected chi connectivity index (χ3v) is 6.35. The molecule has 5 aromatic rings. The highest BCUT2D eigenvalue weighted by Gasteiger charge is 2.27. The summed E-state index contributed by atoms with van der Waals surface area (Å²) in [7, 11) is 0. The number of hydrogen-bond acceptors (Lipinski definition) is 8. The van der Waals surface area contributed by atoms with Crippen LogP contribution in [0.2, 0.25) is 0 Å². The van der Waals surface area contributed by atoms with Crippen molar-refractivity contribution >= 4 is 44.9 Å². The van der Waals surface area contributed by atoms with Crippen LogP contribution in [0.4, 0.5) is 11.7 Å². The molecular weight excluding hydrogens is 448 g/mol. The van der Waals surface area contributed by atoms with Crippen LogP contribution in [0.3, 0.4) is 0 Å². The normalized spacial score (nSPS) is 15.4. The van der Waals surface area contributed by atoms with Crippen LogP contribution in [0, 0.1) is 6.92 Å². The highest BCUT2D eigenvalue weighted by Crippen LogP contribution is 2.29. The number of nitrogens with zero attached hydrogens (tertiary/aromatic N) is 4. The number of aliphatic imine (C=N–C) groups is 1. The zero-order valence-corrected chi connectivity index (χ0v) is 18.8. The van der Waals surface area contributed by atoms with Crippen LogP contribution < -0.4 is 10.6 Å². The molecule has 9 heteroatoms. The molecule has 1 unspecified atom stereocenters. The molecule has 34 heavy (non-hydrogen) atoms. The van der Waals surface area contributed by atoms with Crippen LogP contribution in [0.25, 0.3) is 21.7 Å². The predicted octanol–water partition coefficient (Wildman–Crippen LogP) is 4.88. The molecular formula is C25H18N6O2S. The highest BCUT2D eigenvalue weighted by molar-refractivity contribution is 7.18. The molecule has 3 aromatic carbocycles. The van der Waals surface area contributed by atoms with Gasteiger partial charge in [0.2, 0.25) is 12.1 Å². The lowest BCUT2D eigenvalue weighted by Gasteiger charge is -2.11.